The van der Waals surface area contributed by atoms with E-state index < -0.39 is 12.0 Å². The Bertz CT molecular complexity index is 345. The average molecular weight is 268 g/mol. The molecule has 0 radical (unpaired) electrons. The summed E-state index contributed by atoms with van der Waals surface area (Å²) in [5.41, 5.74) is 0. The fraction of sp³-hybridized carbons (Fsp3) is 0.857. The number of carboxylic acid groups (broad SMARTS) is 1. The van der Waals surface area contributed by atoms with Gasteiger partial charge in [0, 0.05) is 12.1 Å². The van der Waals surface area contributed by atoms with Crippen molar-refractivity contribution >= 4 is 11.9 Å². The number of aliphatic carboxylic acids is 1. The van der Waals surface area contributed by atoms with E-state index in [4.69, 9.17) is 5.11 Å². The van der Waals surface area contributed by atoms with Crippen LogP contribution in [0.15, 0.2) is 0 Å². The van der Waals surface area contributed by atoms with Gasteiger partial charge in [-0.25, -0.2) is 0 Å². The number of likely N-dealkylation sites (tertiary alicyclic amines) is 1. The van der Waals surface area contributed by atoms with Gasteiger partial charge in [0.05, 0.1) is 6.54 Å². The molecule has 5 nitrogen and oxygen atoms in total. The summed E-state index contributed by atoms with van der Waals surface area (Å²) >= 11 is 0. The van der Waals surface area contributed by atoms with Crippen LogP contribution in [-0.2, 0) is 9.59 Å². The Hall–Kier alpha value is -1.10. The molecule has 108 valence electrons. The van der Waals surface area contributed by atoms with Crippen LogP contribution in [0, 0.1) is 5.92 Å². The van der Waals surface area contributed by atoms with E-state index in [1.165, 1.54) is 6.42 Å². The molecule has 2 fully saturated rings. The molecule has 0 aromatic carbocycles. The van der Waals surface area contributed by atoms with Crippen LogP contribution in [-0.4, -0.2) is 46.6 Å². The zero-order valence-electron chi connectivity index (χ0n) is 11.8. The van der Waals surface area contributed by atoms with Crippen LogP contribution in [0.4, 0.5) is 0 Å². The number of carbonyl (C=O) groups excluding carboxylic acids is 1. The van der Waals surface area contributed by atoms with Crippen molar-refractivity contribution in [2.45, 2.75) is 64.1 Å². The monoisotopic (exact) mass is 268 g/mol. The van der Waals surface area contributed by atoms with Gasteiger partial charge in [0.15, 0.2) is 0 Å². The third kappa shape index (κ3) is 3.47. The standard InChI is InChI=1S/C14H24N2O3/c1-9-4-3-5-10(2)16(9)12(17)8-15-13(14(18)19)11-6-7-11/h9-11,13,15H,3-8H2,1-2H3,(H,18,19). The van der Waals surface area contributed by atoms with Gasteiger partial charge in [0.2, 0.25) is 5.91 Å². The zero-order valence-corrected chi connectivity index (χ0v) is 11.8. The van der Waals surface area contributed by atoms with Crippen LogP contribution in [0.3, 0.4) is 0 Å². The van der Waals surface area contributed by atoms with E-state index in [1.807, 2.05) is 4.90 Å². The summed E-state index contributed by atoms with van der Waals surface area (Å²) in [5.74, 6) is -0.594. The summed E-state index contributed by atoms with van der Waals surface area (Å²) in [6, 6.07) is -0.0242. The molecule has 0 aromatic heterocycles. The summed E-state index contributed by atoms with van der Waals surface area (Å²) in [6.07, 6.45) is 5.16. The summed E-state index contributed by atoms with van der Waals surface area (Å²) < 4.78 is 0. The van der Waals surface area contributed by atoms with Crippen LogP contribution in [0.25, 0.3) is 0 Å². The van der Waals surface area contributed by atoms with Gasteiger partial charge < -0.3 is 10.0 Å². The number of rotatable bonds is 5. The SMILES string of the molecule is CC1CCCC(C)N1C(=O)CNC(C(=O)O)C1CC1. The second-order valence-electron chi connectivity index (χ2n) is 5.96. The van der Waals surface area contributed by atoms with Gasteiger partial charge in [0.1, 0.15) is 6.04 Å². The number of carbonyl (C=O) groups is 2. The lowest BCUT2D eigenvalue weighted by Crippen LogP contribution is -2.52. The van der Waals surface area contributed by atoms with Crippen molar-refractivity contribution in [1.82, 2.24) is 10.2 Å². The van der Waals surface area contributed by atoms with E-state index in [2.05, 4.69) is 19.2 Å². The van der Waals surface area contributed by atoms with Crippen LogP contribution in [0.1, 0.15) is 46.0 Å². The third-order valence-corrected chi connectivity index (χ3v) is 4.31. The quantitative estimate of drug-likeness (QED) is 0.787. The first-order valence-electron chi connectivity index (χ1n) is 7.28. The maximum atomic E-state index is 12.3. The molecule has 1 amide bonds. The van der Waals surface area contributed by atoms with Crippen molar-refractivity contribution in [3.63, 3.8) is 0 Å². The maximum Gasteiger partial charge on any atom is 0.320 e. The molecular weight excluding hydrogens is 244 g/mol. The molecule has 0 aromatic rings. The Kier molecular flexibility index (Phi) is 4.45. The molecule has 3 atom stereocenters. The number of nitrogens with one attached hydrogen (secondary N) is 1. The summed E-state index contributed by atoms with van der Waals surface area (Å²) in [7, 11) is 0. The highest BCUT2D eigenvalue weighted by Crippen LogP contribution is 2.32. The van der Waals surface area contributed by atoms with Gasteiger partial charge in [-0.2, -0.15) is 0 Å². The van der Waals surface area contributed by atoms with Crippen LogP contribution in [0.2, 0.25) is 0 Å². The Morgan fingerprint density at radius 2 is 1.79 bits per heavy atom. The van der Waals surface area contributed by atoms with Crippen molar-refractivity contribution in [1.29, 1.82) is 0 Å². The van der Waals surface area contributed by atoms with Gasteiger partial charge >= 0.3 is 5.97 Å². The number of carboxylic acids is 1. The van der Waals surface area contributed by atoms with E-state index in [-0.39, 0.29) is 30.5 Å². The molecule has 1 aliphatic heterocycles. The number of hydrogen-bond donors (Lipinski definition) is 2. The topological polar surface area (TPSA) is 69.6 Å². The molecule has 5 heteroatoms. The highest BCUT2D eigenvalue weighted by Gasteiger charge is 2.37. The molecule has 2 rings (SSSR count). The molecule has 1 aliphatic carbocycles. The van der Waals surface area contributed by atoms with E-state index >= 15 is 0 Å². The van der Waals surface area contributed by atoms with E-state index in [0.717, 1.165) is 25.7 Å². The summed E-state index contributed by atoms with van der Waals surface area (Å²) in [6.45, 7) is 4.29. The Morgan fingerprint density at radius 3 is 2.26 bits per heavy atom. The molecule has 1 heterocycles. The Morgan fingerprint density at radius 1 is 1.21 bits per heavy atom. The van der Waals surface area contributed by atoms with Gasteiger partial charge in [-0.3, -0.25) is 14.9 Å². The lowest BCUT2D eigenvalue weighted by Gasteiger charge is -2.39. The van der Waals surface area contributed by atoms with Gasteiger partial charge in [-0.1, -0.05) is 0 Å². The number of piperidine rings is 1. The highest BCUT2D eigenvalue weighted by atomic mass is 16.4. The van der Waals surface area contributed by atoms with Crippen LogP contribution < -0.4 is 5.32 Å². The average Bonchev–Trinajstić information content (AvgIpc) is 3.13. The predicted molar refractivity (Wildman–Crippen MR) is 71.8 cm³/mol. The van der Waals surface area contributed by atoms with E-state index in [1.54, 1.807) is 0 Å². The normalized spacial score (nSPS) is 29.1. The summed E-state index contributed by atoms with van der Waals surface area (Å²) in [4.78, 5) is 25.3. The van der Waals surface area contributed by atoms with Crippen molar-refractivity contribution in [3.05, 3.63) is 0 Å². The largest absolute Gasteiger partial charge is 0.480 e. The first kappa shape index (κ1) is 14.3. The third-order valence-electron chi connectivity index (χ3n) is 4.31. The van der Waals surface area contributed by atoms with Crippen molar-refractivity contribution in [3.8, 4) is 0 Å². The lowest BCUT2D eigenvalue weighted by atomic mass is 9.97. The molecule has 0 bridgehead atoms. The summed E-state index contributed by atoms with van der Waals surface area (Å²) in [5, 5.41) is 12.1. The minimum Gasteiger partial charge on any atom is -0.480 e. The highest BCUT2D eigenvalue weighted by molar-refractivity contribution is 5.80. The first-order valence-corrected chi connectivity index (χ1v) is 7.28. The first-order chi connectivity index (χ1) is 9.00. The van der Waals surface area contributed by atoms with E-state index in [0.29, 0.717) is 0 Å². The molecule has 0 spiro atoms. The second kappa shape index (κ2) is 5.90. The zero-order chi connectivity index (χ0) is 14.0. The van der Waals surface area contributed by atoms with Gasteiger partial charge in [0.25, 0.3) is 0 Å². The molecule has 1 saturated heterocycles. The fourth-order valence-corrected chi connectivity index (χ4v) is 3.09. The lowest BCUT2D eigenvalue weighted by molar-refractivity contribution is -0.141. The van der Waals surface area contributed by atoms with Crippen LogP contribution in [0.5, 0.6) is 0 Å². The van der Waals surface area contributed by atoms with Crippen molar-refractivity contribution < 1.29 is 14.7 Å². The smallest absolute Gasteiger partial charge is 0.320 e. The molecular formula is C14H24N2O3. The van der Waals surface area contributed by atoms with Gasteiger partial charge in [-0.05, 0) is 51.9 Å². The van der Waals surface area contributed by atoms with Crippen LogP contribution >= 0.6 is 0 Å². The second-order valence-corrected chi connectivity index (χ2v) is 5.96. The molecule has 2 N–H and O–H groups in total. The minimum absolute atomic E-state index is 0.0339. The number of amides is 1. The Labute approximate surface area is 114 Å². The predicted octanol–water partition coefficient (Wildman–Crippen LogP) is 1.23. The van der Waals surface area contributed by atoms with E-state index in [9.17, 15) is 9.59 Å². The van der Waals surface area contributed by atoms with Crippen molar-refractivity contribution in [2.75, 3.05) is 6.54 Å². The maximum absolute atomic E-state index is 12.3. The van der Waals surface area contributed by atoms with Gasteiger partial charge in [-0.15, -0.1) is 0 Å². The Balaban J connectivity index is 1.87. The molecule has 2 aliphatic rings. The van der Waals surface area contributed by atoms with Crippen molar-refractivity contribution in [2.24, 2.45) is 5.92 Å². The molecule has 3 unspecified atom stereocenters. The minimum atomic E-state index is -0.838. The molecule has 19 heavy (non-hydrogen) atoms. The molecule has 1 saturated carbocycles. The fourth-order valence-electron chi connectivity index (χ4n) is 3.09. The number of hydrogen-bond acceptors (Lipinski definition) is 3. The number of nitrogens with zero attached hydrogens (tertiary/aromatic N) is 1.